The Morgan fingerprint density at radius 3 is 2.56 bits per heavy atom. The molecule has 0 aliphatic carbocycles. The third-order valence-electron chi connectivity index (χ3n) is 2.54. The second-order valence-electron chi connectivity index (χ2n) is 4.21. The fourth-order valence-corrected chi connectivity index (χ4v) is 2.81. The van der Waals surface area contributed by atoms with E-state index >= 15 is 0 Å². The van der Waals surface area contributed by atoms with Crippen LogP contribution in [0.4, 0.5) is 0 Å². The lowest BCUT2D eigenvalue weighted by Gasteiger charge is -2.13. The number of aliphatic hydroxyl groups is 1. The van der Waals surface area contributed by atoms with E-state index in [1.807, 2.05) is 13.0 Å². The largest absolute Gasteiger partial charge is 0.492 e. The first-order chi connectivity index (χ1) is 8.46. The highest BCUT2D eigenvalue weighted by molar-refractivity contribution is 7.91. The summed E-state index contributed by atoms with van der Waals surface area (Å²) in [6.45, 7) is 3.60. The third kappa shape index (κ3) is 4.66. The van der Waals surface area contributed by atoms with Gasteiger partial charge in [-0.2, -0.15) is 0 Å². The van der Waals surface area contributed by atoms with Crippen molar-refractivity contribution in [2.24, 2.45) is 0 Å². The Morgan fingerprint density at radius 1 is 1.28 bits per heavy atom. The second kappa shape index (κ2) is 6.75. The van der Waals surface area contributed by atoms with Crippen molar-refractivity contribution in [3.8, 4) is 5.75 Å². The summed E-state index contributed by atoms with van der Waals surface area (Å²) in [4.78, 5) is 0. The minimum atomic E-state index is -3.02. The van der Waals surface area contributed by atoms with Crippen molar-refractivity contribution in [3.63, 3.8) is 0 Å². The number of sulfone groups is 1. The predicted molar refractivity (Wildman–Crippen MR) is 71.5 cm³/mol. The summed E-state index contributed by atoms with van der Waals surface area (Å²) in [5.41, 5.74) is 0.672. The molecule has 0 heterocycles. The predicted octanol–water partition coefficient (Wildman–Crippen LogP) is 1.94. The van der Waals surface area contributed by atoms with Crippen molar-refractivity contribution >= 4 is 9.84 Å². The average Bonchev–Trinajstić information content (AvgIpc) is 2.29. The Kier molecular flexibility index (Phi) is 5.62. The molecule has 0 aliphatic rings. The van der Waals surface area contributed by atoms with Crippen LogP contribution in [0.2, 0.25) is 0 Å². The van der Waals surface area contributed by atoms with Crippen molar-refractivity contribution in [2.45, 2.75) is 26.4 Å². The van der Waals surface area contributed by atoms with E-state index in [0.29, 0.717) is 17.7 Å². The van der Waals surface area contributed by atoms with Gasteiger partial charge in [0.15, 0.2) is 9.84 Å². The van der Waals surface area contributed by atoms with Gasteiger partial charge in [-0.3, -0.25) is 0 Å². The van der Waals surface area contributed by atoms with Crippen molar-refractivity contribution in [2.75, 3.05) is 18.1 Å². The Hall–Kier alpha value is -1.07. The lowest BCUT2D eigenvalue weighted by Crippen LogP contribution is -2.17. The molecule has 1 aromatic rings. The van der Waals surface area contributed by atoms with Crippen LogP contribution in [0.3, 0.4) is 0 Å². The molecular formula is C13H20O4S. The molecule has 102 valence electrons. The molecular weight excluding hydrogens is 252 g/mol. The minimum absolute atomic E-state index is 0.00891. The molecule has 1 aromatic carbocycles. The Labute approximate surface area is 109 Å². The van der Waals surface area contributed by atoms with Crippen molar-refractivity contribution in [1.82, 2.24) is 0 Å². The number of benzene rings is 1. The van der Waals surface area contributed by atoms with Crippen LogP contribution in [0.25, 0.3) is 0 Å². The quantitative estimate of drug-likeness (QED) is 0.824. The topological polar surface area (TPSA) is 63.6 Å². The molecule has 0 amide bonds. The smallest absolute Gasteiger partial charge is 0.153 e. The maximum absolute atomic E-state index is 11.5. The van der Waals surface area contributed by atoms with Gasteiger partial charge in [0.1, 0.15) is 12.4 Å². The van der Waals surface area contributed by atoms with Crippen LogP contribution in [0.1, 0.15) is 31.9 Å². The van der Waals surface area contributed by atoms with Crippen molar-refractivity contribution in [1.29, 1.82) is 0 Å². The highest BCUT2D eigenvalue weighted by Crippen LogP contribution is 2.24. The van der Waals surface area contributed by atoms with Crippen molar-refractivity contribution < 1.29 is 18.3 Å². The molecule has 0 unspecified atom stereocenters. The molecule has 1 atom stereocenters. The summed E-state index contributed by atoms with van der Waals surface area (Å²) in [5.74, 6) is 0.739. The van der Waals surface area contributed by atoms with E-state index in [2.05, 4.69) is 0 Å². The summed E-state index contributed by atoms with van der Waals surface area (Å²) in [6, 6.07) is 7.10. The standard InChI is InChI=1S/C13H20O4S/c1-3-9-18(15,16)10-8-17-13-7-5-4-6-12(13)11(2)14/h4-7,11,14H,3,8-10H2,1-2H3/t11-/m1/s1. The molecule has 0 aromatic heterocycles. The minimum Gasteiger partial charge on any atom is -0.492 e. The maximum Gasteiger partial charge on any atom is 0.153 e. The SMILES string of the molecule is CCCS(=O)(=O)CCOc1ccccc1[C@@H](C)O. The van der Waals surface area contributed by atoms with Gasteiger partial charge in [0.05, 0.1) is 17.6 Å². The maximum atomic E-state index is 11.5. The number of rotatable bonds is 7. The van der Waals surface area contributed by atoms with E-state index < -0.39 is 15.9 Å². The molecule has 0 spiro atoms. The molecule has 0 radical (unpaired) electrons. The third-order valence-corrected chi connectivity index (χ3v) is 4.36. The van der Waals surface area contributed by atoms with Gasteiger partial charge in [-0.1, -0.05) is 25.1 Å². The first kappa shape index (κ1) is 15.0. The normalized spacial score (nSPS) is 13.3. The van der Waals surface area contributed by atoms with Gasteiger partial charge in [0, 0.05) is 5.56 Å². The van der Waals surface area contributed by atoms with Gasteiger partial charge in [-0.05, 0) is 19.4 Å². The van der Waals surface area contributed by atoms with E-state index in [0.717, 1.165) is 0 Å². The van der Waals surface area contributed by atoms with Crippen LogP contribution in [-0.4, -0.2) is 31.6 Å². The Bertz CT molecular complexity index is 466. The van der Waals surface area contributed by atoms with Gasteiger partial charge in [0.25, 0.3) is 0 Å². The van der Waals surface area contributed by atoms with Crippen LogP contribution in [-0.2, 0) is 9.84 Å². The van der Waals surface area contributed by atoms with Crippen LogP contribution < -0.4 is 4.74 Å². The molecule has 0 saturated heterocycles. The molecule has 4 nitrogen and oxygen atoms in total. The summed E-state index contributed by atoms with van der Waals surface area (Å²) in [6.07, 6.45) is -0.0134. The van der Waals surface area contributed by atoms with Gasteiger partial charge >= 0.3 is 0 Å². The zero-order valence-corrected chi connectivity index (χ0v) is 11.6. The average molecular weight is 272 g/mol. The van der Waals surface area contributed by atoms with Crippen LogP contribution in [0, 0.1) is 0 Å². The number of ether oxygens (including phenoxy) is 1. The van der Waals surface area contributed by atoms with E-state index in [-0.39, 0.29) is 18.1 Å². The highest BCUT2D eigenvalue weighted by atomic mass is 32.2. The summed E-state index contributed by atoms with van der Waals surface area (Å²) in [7, 11) is -3.02. The number of hydrogen-bond acceptors (Lipinski definition) is 4. The van der Waals surface area contributed by atoms with Gasteiger partial charge in [0.2, 0.25) is 0 Å². The first-order valence-electron chi connectivity index (χ1n) is 6.06. The van der Waals surface area contributed by atoms with Gasteiger partial charge in [-0.15, -0.1) is 0 Å². The first-order valence-corrected chi connectivity index (χ1v) is 7.88. The monoisotopic (exact) mass is 272 g/mol. The molecule has 0 bridgehead atoms. The number of hydrogen-bond donors (Lipinski definition) is 1. The van der Waals surface area contributed by atoms with E-state index in [1.54, 1.807) is 25.1 Å². The van der Waals surface area contributed by atoms with E-state index in [1.165, 1.54) is 0 Å². The van der Waals surface area contributed by atoms with E-state index in [9.17, 15) is 13.5 Å². The molecule has 18 heavy (non-hydrogen) atoms. The number of aliphatic hydroxyl groups excluding tert-OH is 1. The summed E-state index contributed by atoms with van der Waals surface area (Å²) in [5, 5.41) is 9.55. The zero-order chi connectivity index (χ0) is 13.6. The van der Waals surface area contributed by atoms with Crippen LogP contribution in [0.5, 0.6) is 5.75 Å². The Morgan fingerprint density at radius 2 is 1.94 bits per heavy atom. The fourth-order valence-electron chi connectivity index (χ4n) is 1.65. The summed E-state index contributed by atoms with van der Waals surface area (Å²) < 4.78 is 28.5. The molecule has 5 heteroatoms. The lowest BCUT2D eigenvalue weighted by atomic mass is 10.1. The van der Waals surface area contributed by atoms with Crippen LogP contribution in [0.15, 0.2) is 24.3 Å². The molecule has 1 rings (SSSR count). The Balaban J connectivity index is 2.59. The van der Waals surface area contributed by atoms with Gasteiger partial charge < -0.3 is 9.84 Å². The van der Waals surface area contributed by atoms with E-state index in [4.69, 9.17) is 4.74 Å². The fraction of sp³-hybridized carbons (Fsp3) is 0.538. The highest BCUT2D eigenvalue weighted by Gasteiger charge is 2.12. The summed E-state index contributed by atoms with van der Waals surface area (Å²) >= 11 is 0. The lowest BCUT2D eigenvalue weighted by molar-refractivity contribution is 0.192. The second-order valence-corrected chi connectivity index (χ2v) is 6.52. The van der Waals surface area contributed by atoms with Gasteiger partial charge in [-0.25, -0.2) is 8.42 Å². The van der Waals surface area contributed by atoms with Crippen LogP contribution >= 0.6 is 0 Å². The molecule has 1 N–H and O–H groups in total. The molecule has 0 fully saturated rings. The zero-order valence-electron chi connectivity index (χ0n) is 10.8. The number of para-hydroxylation sites is 1. The molecule has 0 aliphatic heterocycles. The molecule has 0 saturated carbocycles. The van der Waals surface area contributed by atoms with Crippen molar-refractivity contribution in [3.05, 3.63) is 29.8 Å².